The van der Waals surface area contributed by atoms with Crippen molar-refractivity contribution in [3.05, 3.63) is 48.2 Å². The summed E-state index contributed by atoms with van der Waals surface area (Å²) in [6.45, 7) is 2.06. The standard InChI is InChI=1S/C15H15N3O3S/c1-2-20-14(19)10-7-8-17-13(9-10)21-12-5-3-11(4-6-12)18-15(16)22/h3-9H,2H2,1H3,(H3,16,18,22). The number of hydrogen-bond acceptors (Lipinski definition) is 5. The molecule has 0 atom stereocenters. The highest BCUT2D eigenvalue weighted by Gasteiger charge is 2.08. The number of rotatable bonds is 5. The number of esters is 1. The lowest BCUT2D eigenvalue weighted by Gasteiger charge is -2.08. The normalized spacial score (nSPS) is 9.86. The van der Waals surface area contributed by atoms with Gasteiger partial charge < -0.3 is 20.5 Å². The van der Waals surface area contributed by atoms with Crippen LogP contribution in [-0.2, 0) is 4.74 Å². The summed E-state index contributed by atoms with van der Waals surface area (Å²) in [6.07, 6.45) is 1.49. The van der Waals surface area contributed by atoms with Crippen molar-refractivity contribution < 1.29 is 14.3 Å². The molecule has 2 rings (SSSR count). The highest BCUT2D eigenvalue weighted by atomic mass is 32.1. The lowest BCUT2D eigenvalue weighted by atomic mass is 10.2. The quantitative estimate of drug-likeness (QED) is 0.647. The number of carbonyl (C=O) groups excluding carboxylic acids is 1. The number of anilines is 1. The molecule has 0 bridgehead atoms. The minimum atomic E-state index is -0.411. The van der Waals surface area contributed by atoms with Crippen LogP contribution in [0.25, 0.3) is 0 Å². The largest absolute Gasteiger partial charge is 0.462 e. The molecule has 0 saturated carbocycles. The van der Waals surface area contributed by atoms with Crippen LogP contribution in [-0.4, -0.2) is 22.7 Å². The average Bonchev–Trinajstić information content (AvgIpc) is 2.49. The Morgan fingerprint density at radius 2 is 2.05 bits per heavy atom. The van der Waals surface area contributed by atoms with Gasteiger partial charge in [-0.2, -0.15) is 0 Å². The predicted octanol–water partition coefficient (Wildman–Crippen LogP) is 2.71. The Morgan fingerprint density at radius 1 is 1.32 bits per heavy atom. The molecule has 1 heterocycles. The molecule has 0 aliphatic heterocycles. The van der Waals surface area contributed by atoms with Crippen molar-refractivity contribution in [1.82, 2.24) is 4.98 Å². The fourth-order valence-electron chi connectivity index (χ4n) is 1.68. The second kappa shape index (κ2) is 7.37. The van der Waals surface area contributed by atoms with Gasteiger partial charge in [0.15, 0.2) is 5.11 Å². The summed E-state index contributed by atoms with van der Waals surface area (Å²) in [4.78, 5) is 15.7. The van der Waals surface area contributed by atoms with E-state index in [1.807, 2.05) is 0 Å². The van der Waals surface area contributed by atoms with Crippen LogP contribution in [0.4, 0.5) is 5.69 Å². The van der Waals surface area contributed by atoms with Crippen LogP contribution in [0.5, 0.6) is 11.6 Å². The van der Waals surface area contributed by atoms with E-state index in [-0.39, 0.29) is 5.11 Å². The van der Waals surface area contributed by atoms with E-state index in [4.69, 9.17) is 27.4 Å². The van der Waals surface area contributed by atoms with Crippen LogP contribution in [0, 0.1) is 0 Å². The first-order chi connectivity index (χ1) is 10.6. The predicted molar refractivity (Wildman–Crippen MR) is 87.1 cm³/mol. The molecule has 0 spiro atoms. The van der Waals surface area contributed by atoms with Crippen LogP contribution in [0.15, 0.2) is 42.6 Å². The van der Waals surface area contributed by atoms with Crippen molar-refractivity contribution >= 4 is 29.0 Å². The molecule has 0 fully saturated rings. The van der Waals surface area contributed by atoms with Crippen molar-refractivity contribution in [3.63, 3.8) is 0 Å². The Bertz CT molecular complexity index is 674. The van der Waals surface area contributed by atoms with Crippen LogP contribution in [0.3, 0.4) is 0 Å². The van der Waals surface area contributed by atoms with Crippen molar-refractivity contribution in [2.75, 3.05) is 11.9 Å². The number of nitrogens with one attached hydrogen (secondary N) is 1. The fourth-order valence-corrected chi connectivity index (χ4v) is 1.79. The SMILES string of the molecule is CCOC(=O)c1ccnc(Oc2ccc(NC(N)=S)cc2)c1. The van der Waals surface area contributed by atoms with E-state index in [0.29, 0.717) is 23.8 Å². The van der Waals surface area contributed by atoms with Gasteiger partial charge in [-0.1, -0.05) is 0 Å². The zero-order valence-corrected chi connectivity index (χ0v) is 12.7. The molecule has 0 radical (unpaired) electrons. The Labute approximate surface area is 133 Å². The minimum Gasteiger partial charge on any atom is -0.462 e. The zero-order chi connectivity index (χ0) is 15.9. The molecular weight excluding hydrogens is 302 g/mol. The van der Waals surface area contributed by atoms with Gasteiger partial charge in [0.1, 0.15) is 5.75 Å². The molecule has 3 N–H and O–H groups in total. The maximum absolute atomic E-state index is 11.7. The second-order valence-electron chi connectivity index (χ2n) is 4.22. The van der Waals surface area contributed by atoms with Gasteiger partial charge in [-0.05, 0) is 49.5 Å². The smallest absolute Gasteiger partial charge is 0.338 e. The van der Waals surface area contributed by atoms with E-state index < -0.39 is 5.97 Å². The summed E-state index contributed by atoms with van der Waals surface area (Å²) in [6, 6.07) is 10.1. The number of benzene rings is 1. The molecule has 1 aromatic carbocycles. The molecule has 0 saturated heterocycles. The molecule has 0 amide bonds. The molecule has 2 aromatic rings. The van der Waals surface area contributed by atoms with Crippen LogP contribution in [0.2, 0.25) is 0 Å². The number of aromatic nitrogens is 1. The highest BCUT2D eigenvalue weighted by Crippen LogP contribution is 2.22. The molecule has 6 nitrogen and oxygen atoms in total. The zero-order valence-electron chi connectivity index (χ0n) is 11.9. The third kappa shape index (κ3) is 4.42. The number of pyridine rings is 1. The van der Waals surface area contributed by atoms with Gasteiger partial charge in [-0.25, -0.2) is 9.78 Å². The van der Waals surface area contributed by atoms with Crippen molar-refractivity contribution in [3.8, 4) is 11.6 Å². The Morgan fingerprint density at radius 3 is 2.68 bits per heavy atom. The first kappa shape index (κ1) is 15.7. The van der Waals surface area contributed by atoms with Crippen molar-refractivity contribution in [2.45, 2.75) is 6.92 Å². The third-order valence-corrected chi connectivity index (χ3v) is 2.69. The lowest BCUT2D eigenvalue weighted by molar-refractivity contribution is 0.0526. The minimum absolute atomic E-state index is 0.192. The number of thiocarbonyl (C=S) groups is 1. The van der Waals surface area contributed by atoms with Gasteiger partial charge in [0.25, 0.3) is 0 Å². The van der Waals surface area contributed by atoms with E-state index >= 15 is 0 Å². The summed E-state index contributed by atoms with van der Waals surface area (Å²) in [5.74, 6) is 0.466. The molecule has 7 heteroatoms. The highest BCUT2D eigenvalue weighted by molar-refractivity contribution is 7.80. The summed E-state index contributed by atoms with van der Waals surface area (Å²) >= 11 is 4.76. The first-order valence-corrected chi connectivity index (χ1v) is 6.97. The van der Waals surface area contributed by atoms with Gasteiger partial charge in [0.2, 0.25) is 5.88 Å². The number of nitrogens with two attached hydrogens (primary N) is 1. The molecular formula is C15H15N3O3S. The fraction of sp³-hybridized carbons (Fsp3) is 0.133. The molecule has 1 aromatic heterocycles. The van der Waals surface area contributed by atoms with E-state index in [0.717, 1.165) is 5.69 Å². The van der Waals surface area contributed by atoms with Crippen LogP contribution in [0.1, 0.15) is 17.3 Å². The van der Waals surface area contributed by atoms with E-state index in [1.165, 1.54) is 12.3 Å². The Kier molecular flexibility index (Phi) is 5.26. The Balaban J connectivity index is 2.08. The molecule has 0 aliphatic carbocycles. The number of ether oxygens (including phenoxy) is 2. The molecule has 22 heavy (non-hydrogen) atoms. The molecule has 114 valence electrons. The third-order valence-electron chi connectivity index (χ3n) is 2.59. The van der Waals surface area contributed by atoms with E-state index in [1.54, 1.807) is 37.3 Å². The van der Waals surface area contributed by atoms with Crippen molar-refractivity contribution in [2.24, 2.45) is 5.73 Å². The van der Waals surface area contributed by atoms with Gasteiger partial charge in [0, 0.05) is 18.0 Å². The van der Waals surface area contributed by atoms with Gasteiger partial charge in [-0.15, -0.1) is 0 Å². The van der Waals surface area contributed by atoms with E-state index in [9.17, 15) is 4.79 Å². The number of hydrogen-bond donors (Lipinski definition) is 2. The maximum atomic E-state index is 11.7. The van der Waals surface area contributed by atoms with Crippen LogP contribution >= 0.6 is 12.2 Å². The summed E-state index contributed by atoms with van der Waals surface area (Å²) in [7, 11) is 0. The van der Waals surface area contributed by atoms with E-state index in [2.05, 4.69) is 10.3 Å². The second-order valence-corrected chi connectivity index (χ2v) is 4.66. The maximum Gasteiger partial charge on any atom is 0.338 e. The topological polar surface area (TPSA) is 86.5 Å². The monoisotopic (exact) mass is 317 g/mol. The summed E-state index contributed by atoms with van der Waals surface area (Å²) in [5.41, 5.74) is 6.54. The number of carbonyl (C=O) groups is 1. The summed E-state index contributed by atoms with van der Waals surface area (Å²) in [5, 5.41) is 3.00. The van der Waals surface area contributed by atoms with Gasteiger partial charge >= 0.3 is 5.97 Å². The molecule has 0 unspecified atom stereocenters. The summed E-state index contributed by atoms with van der Waals surface area (Å²) < 4.78 is 10.5. The Hall–Kier alpha value is -2.67. The van der Waals surface area contributed by atoms with Crippen LogP contribution < -0.4 is 15.8 Å². The number of nitrogens with zero attached hydrogens (tertiary/aromatic N) is 1. The van der Waals surface area contributed by atoms with Gasteiger partial charge in [0.05, 0.1) is 12.2 Å². The molecule has 0 aliphatic rings. The lowest BCUT2D eigenvalue weighted by Crippen LogP contribution is -2.18. The average molecular weight is 317 g/mol. The van der Waals surface area contributed by atoms with Gasteiger partial charge in [-0.3, -0.25) is 0 Å². The van der Waals surface area contributed by atoms with Crippen molar-refractivity contribution in [1.29, 1.82) is 0 Å². The first-order valence-electron chi connectivity index (χ1n) is 6.56.